The summed E-state index contributed by atoms with van der Waals surface area (Å²) in [4.78, 5) is 25.5. The number of ketones is 1. The minimum absolute atomic E-state index is 0.129. The van der Waals surface area contributed by atoms with Crippen molar-refractivity contribution in [1.29, 1.82) is 0 Å². The molecule has 23 heavy (non-hydrogen) atoms. The van der Waals surface area contributed by atoms with Crippen LogP contribution in [0, 0.1) is 0 Å². The smallest absolute Gasteiger partial charge is 0.223 e. The first-order chi connectivity index (χ1) is 11.2. The summed E-state index contributed by atoms with van der Waals surface area (Å²) in [6.07, 6.45) is 16.8. The van der Waals surface area contributed by atoms with Crippen LogP contribution in [-0.2, 0) is 9.59 Å². The standard InChI is InChI=1S/C20H37NO2/c1-3-4-5-6-7-8-9-10-11-12-13-16-20(23)21-17-14-15-19(21)18(2)22/h19H,3-17H2,1-2H3. The monoisotopic (exact) mass is 323 g/mol. The van der Waals surface area contributed by atoms with Crippen LogP contribution in [0.4, 0.5) is 0 Å². The summed E-state index contributed by atoms with van der Waals surface area (Å²) in [7, 11) is 0. The van der Waals surface area contributed by atoms with Crippen molar-refractivity contribution >= 4 is 11.7 Å². The average molecular weight is 324 g/mol. The van der Waals surface area contributed by atoms with Crippen LogP contribution in [0.5, 0.6) is 0 Å². The van der Waals surface area contributed by atoms with E-state index in [0.29, 0.717) is 6.42 Å². The molecule has 1 aliphatic rings. The van der Waals surface area contributed by atoms with E-state index in [1.54, 1.807) is 6.92 Å². The number of rotatable bonds is 13. The van der Waals surface area contributed by atoms with Crippen LogP contribution in [0.2, 0.25) is 0 Å². The van der Waals surface area contributed by atoms with Gasteiger partial charge < -0.3 is 4.90 Å². The molecule has 0 spiro atoms. The Morgan fingerprint density at radius 1 is 0.870 bits per heavy atom. The van der Waals surface area contributed by atoms with E-state index in [4.69, 9.17) is 0 Å². The van der Waals surface area contributed by atoms with E-state index in [2.05, 4.69) is 6.92 Å². The molecule has 0 aromatic carbocycles. The Morgan fingerprint density at radius 2 is 1.39 bits per heavy atom. The van der Waals surface area contributed by atoms with Gasteiger partial charge in [-0.05, 0) is 26.2 Å². The molecule has 0 N–H and O–H groups in total. The number of likely N-dealkylation sites (tertiary alicyclic amines) is 1. The molecule has 1 rings (SSSR count). The SMILES string of the molecule is CCCCCCCCCCCCCC(=O)N1CCCC1C(C)=O. The molecule has 1 saturated heterocycles. The molecule has 3 nitrogen and oxygen atoms in total. The van der Waals surface area contributed by atoms with Crippen molar-refractivity contribution < 1.29 is 9.59 Å². The third-order valence-corrected chi connectivity index (χ3v) is 5.04. The van der Waals surface area contributed by atoms with Gasteiger partial charge in [0.1, 0.15) is 0 Å². The highest BCUT2D eigenvalue weighted by Gasteiger charge is 2.31. The van der Waals surface area contributed by atoms with Gasteiger partial charge >= 0.3 is 0 Å². The quantitative estimate of drug-likeness (QED) is 0.433. The van der Waals surface area contributed by atoms with Crippen molar-refractivity contribution in [3.63, 3.8) is 0 Å². The molecule has 1 aliphatic heterocycles. The maximum Gasteiger partial charge on any atom is 0.223 e. The number of hydrogen-bond acceptors (Lipinski definition) is 2. The number of carbonyl (C=O) groups is 2. The van der Waals surface area contributed by atoms with Crippen LogP contribution < -0.4 is 0 Å². The molecule has 134 valence electrons. The molecule has 1 atom stereocenters. The molecule has 0 bridgehead atoms. The lowest BCUT2D eigenvalue weighted by Crippen LogP contribution is -2.39. The van der Waals surface area contributed by atoms with Gasteiger partial charge in [-0.2, -0.15) is 0 Å². The van der Waals surface area contributed by atoms with Crippen LogP contribution in [-0.4, -0.2) is 29.2 Å². The highest BCUT2D eigenvalue weighted by atomic mass is 16.2. The van der Waals surface area contributed by atoms with Crippen LogP contribution >= 0.6 is 0 Å². The van der Waals surface area contributed by atoms with Crippen LogP contribution in [0.25, 0.3) is 0 Å². The second kappa shape index (κ2) is 12.5. The van der Waals surface area contributed by atoms with Gasteiger partial charge in [-0.15, -0.1) is 0 Å². The van der Waals surface area contributed by atoms with Gasteiger partial charge in [-0.3, -0.25) is 9.59 Å². The van der Waals surface area contributed by atoms with Gasteiger partial charge in [0.15, 0.2) is 5.78 Å². The molecule has 1 amide bonds. The van der Waals surface area contributed by atoms with E-state index in [9.17, 15) is 9.59 Å². The zero-order valence-corrected chi connectivity index (χ0v) is 15.4. The number of nitrogens with zero attached hydrogens (tertiary/aromatic N) is 1. The van der Waals surface area contributed by atoms with Crippen LogP contribution in [0.15, 0.2) is 0 Å². The second-order valence-electron chi connectivity index (χ2n) is 7.14. The molecular formula is C20H37NO2. The summed E-state index contributed by atoms with van der Waals surface area (Å²) in [6, 6.07) is -0.129. The molecule has 1 heterocycles. The van der Waals surface area contributed by atoms with Gasteiger partial charge in [-0.1, -0.05) is 71.1 Å². The number of amides is 1. The molecule has 0 aromatic heterocycles. The largest absolute Gasteiger partial charge is 0.333 e. The maximum absolute atomic E-state index is 12.2. The van der Waals surface area contributed by atoms with Gasteiger partial charge in [0.2, 0.25) is 5.91 Å². The minimum atomic E-state index is -0.129. The van der Waals surface area contributed by atoms with E-state index in [-0.39, 0.29) is 17.7 Å². The molecule has 0 aromatic rings. The van der Waals surface area contributed by atoms with Gasteiger partial charge in [-0.25, -0.2) is 0 Å². The molecule has 0 saturated carbocycles. The first kappa shape index (κ1) is 20.2. The molecule has 1 unspecified atom stereocenters. The van der Waals surface area contributed by atoms with Crippen LogP contribution in [0.1, 0.15) is 104 Å². The topological polar surface area (TPSA) is 37.4 Å². The highest BCUT2D eigenvalue weighted by Crippen LogP contribution is 2.20. The number of carbonyl (C=O) groups excluding carboxylic acids is 2. The van der Waals surface area contributed by atoms with E-state index >= 15 is 0 Å². The third-order valence-electron chi connectivity index (χ3n) is 5.04. The summed E-state index contributed by atoms with van der Waals surface area (Å²) in [5.74, 6) is 0.341. The lowest BCUT2D eigenvalue weighted by Gasteiger charge is -2.22. The summed E-state index contributed by atoms with van der Waals surface area (Å²) in [5, 5.41) is 0. The Balaban J connectivity index is 1.94. The van der Waals surface area contributed by atoms with Crippen molar-refractivity contribution in [2.24, 2.45) is 0 Å². The lowest BCUT2D eigenvalue weighted by molar-refractivity contribution is -0.137. The first-order valence-electron chi connectivity index (χ1n) is 9.96. The lowest BCUT2D eigenvalue weighted by atomic mass is 10.0. The Hall–Kier alpha value is -0.860. The van der Waals surface area contributed by atoms with Crippen LogP contribution in [0.3, 0.4) is 0 Å². The summed E-state index contributed by atoms with van der Waals surface area (Å²) in [6.45, 7) is 4.65. The van der Waals surface area contributed by atoms with Gasteiger partial charge in [0.25, 0.3) is 0 Å². The normalized spacial score (nSPS) is 17.7. The van der Waals surface area contributed by atoms with Crippen molar-refractivity contribution in [2.45, 2.75) is 110 Å². The molecule has 0 aliphatic carbocycles. The van der Waals surface area contributed by atoms with Crippen molar-refractivity contribution in [1.82, 2.24) is 4.90 Å². The number of hydrogen-bond donors (Lipinski definition) is 0. The Labute approximate surface area is 143 Å². The van der Waals surface area contributed by atoms with E-state index in [0.717, 1.165) is 32.2 Å². The van der Waals surface area contributed by atoms with E-state index < -0.39 is 0 Å². The van der Waals surface area contributed by atoms with E-state index in [1.165, 1.54) is 57.8 Å². The molecule has 0 radical (unpaired) electrons. The summed E-state index contributed by atoms with van der Waals surface area (Å²) < 4.78 is 0. The summed E-state index contributed by atoms with van der Waals surface area (Å²) >= 11 is 0. The molecular weight excluding hydrogens is 286 g/mol. The van der Waals surface area contributed by atoms with E-state index in [1.807, 2.05) is 4.90 Å². The number of Topliss-reactive ketones (excluding diaryl/α,β-unsaturated/α-hetero) is 1. The Morgan fingerprint density at radius 3 is 1.91 bits per heavy atom. The third kappa shape index (κ3) is 8.53. The second-order valence-corrected chi connectivity index (χ2v) is 7.14. The van der Waals surface area contributed by atoms with Crippen molar-refractivity contribution in [3.05, 3.63) is 0 Å². The Bertz CT molecular complexity index is 341. The highest BCUT2D eigenvalue weighted by molar-refractivity contribution is 5.88. The fourth-order valence-corrected chi connectivity index (χ4v) is 3.57. The zero-order chi connectivity index (χ0) is 16.9. The zero-order valence-electron chi connectivity index (χ0n) is 15.4. The first-order valence-corrected chi connectivity index (χ1v) is 9.96. The maximum atomic E-state index is 12.2. The summed E-state index contributed by atoms with van der Waals surface area (Å²) in [5.41, 5.74) is 0. The van der Waals surface area contributed by atoms with Crippen molar-refractivity contribution in [3.8, 4) is 0 Å². The number of unbranched alkanes of at least 4 members (excludes halogenated alkanes) is 10. The molecule has 3 heteroatoms. The fraction of sp³-hybridized carbons (Fsp3) is 0.900. The predicted molar refractivity (Wildman–Crippen MR) is 96.5 cm³/mol. The Kier molecular flexibility index (Phi) is 11.0. The minimum Gasteiger partial charge on any atom is -0.333 e. The predicted octanol–water partition coefficient (Wildman–Crippen LogP) is 5.27. The van der Waals surface area contributed by atoms with Gasteiger partial charge in [0.05, 0.1) is 6.04 Å². The van der Waals surface area contributed by atoms with Crippen molar-refractivity contribution in [2.75, 3.05) is 6.54 Å². The average Bonchev–Trinajstić information content (AvgIpc) is 3.02. The fourth-order valence-electron chi connectivity index (χ4n) is 3.57. The molecule has 1 fully saturated rings. The van der Waals surface area contributed by atoms with Gasteiger partial charge in [0, 0.05) is 13.0 Å².